The molecule has 2 saturated carbocycles. The molecule has 214 valence electrons. The minimum atomic E-state index is -5.26. The number of rotatable bonds is 11. The lowest BCUT2D eigenvalue weighted by molar-refractivity contribution is -0.175. The van der Waals surface area contributed by atoms with Crippen molar-refractivity contribution in [1.82, 2.24) is 21.3 Å². The van der Waals surface area contributed by atoms with Crippen molar-refractivity contribution in [2.24, 2.45) is 22.2 Å². The summed E-state index contributed by atoms with van der Waals surface area (Å²) in [7, 11) is 0. The Hall–Kier alpha value is -2.80. The van der Waals surface area contributed by atoms with E-state index in [2.05, 4.69) is 27.7 Å². The third kappa shape index (κ3) is 7.40. The normalized spacial score (nSPS) is 25.5. The van der Waals surface area contributed by atoms with Gasteiger partial charge in [-0.2, -0.15) is 13.2 Å². The molecule has 0 aromatic rings. The molecule has 1 aliphatic heterocycles. The van der Waals surface area contributed by atoms with Crippen LogP contribution in [0.3, 0.4) is 0 Å². The summed E-state index contributed by atoms with van der Waals surface area (Å²) < 4.78 is 65.9. The Bertz CT molecular complexity index is 976. The SMILES string of the molecule is C=NCC(CC1CC2(CC2)NC1=O)NC(=O)C(CC1CC1(F)F)NC(=O)C(NC(=O)C(F)(F)F)C(C)(C)C. The lowest BCUT2D eigenvalue weighted by Gasteiger charge is -2.32. The van der Waals surface area contributed by atoms with Crippen molar-refractivity contribution < 1.29 is 41.1 Å². The van der Waals surface area contributed by atoms with Crippen LogP contribution in [-0.4, -0.2) is 72.7 Å². The van der Waals surface area contributed by atoms with E-state index in [1.54, 1.807) is 5.32 Å². The smallest absolute Gasteiger partial charge is 0.350 e. The summed E-state index contributed by atoms with van der Waals surface area (Å²) in [6.07, 6.45) is -3.67. The average molecular weight is 552 g/mol. The Kier molecular flexibility index (Phi) is 8.14. The van der Waals surface area contributed by atoms with E-state index in [-0.39, 0.29) is 24.4 Å². The molecule has 1 heterocycles. The molecule has 38 heavy (non-hydrogen) atoms. The number of nitrogens with zero attached hydrogens (tertiary/aromatic N) is 1. The number of hydrogen-bond donors (Lipinski definition) is 4. The van der Waals surface area contributed by atoms with E-state index in [1.165, 1.54) is 20.8 Å². The fraction of sp³-hybridized carbons (Fsp3) is 0.792. The Morgan fingerprint density at radius 1 is 1.05 bits per heavy atom. The van der Waals surface area contributed by atoms with E-state index in [0.717, 1.165) is 12.8 Å². The lowest BCUT2D eigenvalue weighted by atomic mass is 9.85. The van der Waals surface area contributed by atoms with Gasteiger partial charge in [0, 0.05) is 29.8 Å². The Balaban J connectivity index is 1.73. The minimum Gasteiger partial charge on any atom is -0.350 e. The van der Waals surface area contributed by atoms with E-state index in [9.17, 15) is 41.1 Å². The molecule has 4 amide bonds. The topological polar surface area (TPSA) is 129 Å². The first-order chi connectivity index (χ1) is 17.4. The van der Waals surface area contributed by atoms with Gasteiger partial charge in [0.05, 0.1) is 6.54 Å². The van der Waals surface area contributed by atoms with Crippen molar-refractivity contribution >= 4 is 30.3 Å². The van der Waals surface area contributed by atoms with Crippen molar-refractivity contribution in [1.29, 1.82) is 0 Å². The highest BCUT2D eigenvalue weighted by Crippen LogP contribution is 2.51. The summed E-state index contributed by atoms with van der Waals surface area (Å²) in [5, 5.41) is 9.49. The largest absolute Gasteiger partial charge is 0.471 e. The fourth-order valence-corrected chi connectivity index (χ4v) is 4.81. The van der Waals surface area contributed by atoms with E-state index < -0.39 is 78.0 Å². The van der Waals surface area contributed by atoms with Crippen molar-refractivity contribution in [3.8, 4) is 0 Å². The number of nitrogens with one attached hydrogen (secondary N) is 4. The highest BCUT2D eigenvalue weighted by atomic mass is 19.4. The van der Waals surface area contributed by atoms with Crippen LogP contribution in [0.15, 0.2) is 4.99 Å². The molecule has 9 nitrogen and oxygen atoms in total. The van der Waals surface area contributed by atoms with Crippen LogP contribution in [0.2, 0.25) is 0 Å². The van der Waals surface area contributed by atoms with Crippen molar-refractivity contribution in [2.75, 3.05) is 6.54 Å². The van der Waals surface area contributed by atoms with E-state index in [1.807, 2.05) is 0 Å². The molecule has 1 saturated heterocycles. The summed E-state index contributed by atoms with van der Waals surface area (Å²) in [6.45, 7) is 7.65. The number of carbonyl (C=O) groups excluding carboxylic acids is 4. The molecule has 1 spiro atoms. The Labute approximate surface area is 217 Å². The zero-order valence-corrected chi connectivity index (χ0v) is 21.5. The zero-order chi connectivity index (χ0) is 28.7. The van der Waals surface area contributed by atoms with E-state index in [0.29, 0.717) is 6.42 Å². The van der Waals surface area contributed by atoms with Gasteiger partial charge in [0.25, 0.3) is 5.92 Å². The molecule has 3 rings (SSSR count). The standard InChI is InChI=1S/C24H34F5N5O4/c1-21(2,3)16(33-20(38)24(27,28)29)19(37)32-15(8-13-10-23(13,25)26)18(36)31-14(11-30-4)7-12-9-22(5-6-22)34-17(12)35/h12-16H,4-11H2,1-3H3,(H,31,36)(H,32,37)(H,33,38)(H,34,35). The summed E-state index contributed by atoms with van der Waals surface area (Å²) in [4.78, 5) is 53.9. The maximum atomic E-state index is 13.7. The molecule has 5 unspecified atom stereocenters. The van der Waals surface area contributed by atoms with Gasteiger partial charge in [-0.05, 0) is 44.2 Å². The number of alkyl halides is 5. The first kappa shape index (κ1) is 29.8. The van der Waals surface area contributed by atoms with Crippen LogP contribution < -0.4 is 21.3 Å². The summed E-state index contributed by atoms with van der Waals surface area (Å²) in [6, 6.07) is -3.92. The maximum Gasteiger partial charge on any atom is 0.471 e. The number of halogens is 5. The minimum absolute atomic E-state index is 0.0228. The zero-order valence-electron chi connectivity index (χ0n) is 21.5. The van der Waals surface area contributed by atoms with Gasteiger partial charge >= 0.3 is 12.1 Å². The highest BCUT2D eigenvalue weighted by Gasteiger charge is 2.58. The van der Waals surface area contributed by atoms with Gasteiger partial charge in [-0.3, -0.25) is 24.2 Å². The molecule has 5 atom stereocenters. The molecule has 0 aromatic carbocycles. The van der Waals surface area contributed by atoms with Crippen molar-refractivity contribution in [2.45, 2.75) is 95.1 Å². The quantitative estimate of drug-likeness (QED) is 0.231. The third-order valence-electron chi connectivity index (χ3n) is 7.28. The maximum absolute atomic E-state index is 13.7. The van der Waals surface area contributed by atoms with Gasteiger partial charge in [-0.1, -0.05) is 20.8 Å². The molecule has 14 heteroatoms. The second-order valence-electron chi connectivity index (χ2n) is 11.7. The first-order valence-electron chi connectivity index (χ1n) is 12.5. The van der Waals surface area contributed by atoms with Crippen LogP contribution in [0.5, 0.6) is 0 Å². The average Bonchev–Trinajstić information content (AvgIpc) is 3.62. The van der Waals surface area contributed by atoms with Crippen LogP contribution in [-0.2, 0) is 19.2 Å². The molecule has 3 aliphatic rings. The number of hydrogen-bond acceptors (Lipinski definition) is 5. The van der Waals surface area contributed by atoms with Crippen LogP contribution in [0, 0.1) is 17.3 Å². The van der Waals surface area contributed by atoms with Crippen LogP contribution in [0.1, 0.15) is 59.3 Å². The second kappa shape index (κ2) is 10.4. The van der Waals surface area contributed by atoms with Gasteiger partial charge in [0.15, 0.2) is 0 Å². The third-order valence-corrected chi connectivity index (χ3v) is 7.28. The lowest BCUT2D eigenvalue weighted by Crippen LogP contribution is -2.60. The van der Waals surface area contributed by atoms with E-state index >= 15 is 0 Å². The van der Waals surface area contributed by atoms with Crippen molar-refractivity contribution in [3.63, 3.8) is 0 Å². The number of aliphatic imine (C=N–C) groups is 1. The predicted octanol–water partition coefficient (Wildman–Crippen LogP) is 1.85. The highest BCUT2D eigenvalue weighted by molar-refractivity contribution is 5.93. The number of carbonyl (C=O) groups is 4. The monoisotopic (exact) mass is 551 g/mol. The molecule has 0 bridgehead atoms. The van der Waals surface area contributed by atoms with Crippen LogP contribution in [0.25, 0.3) is 0 Å². The molecule has 2 aliphatic carbocycles. The number of amides is 4. The van der Waals surface area contributed by atoms with Crippen molar-refractivity contribution in [3.05, 3.63) is 0 Å². The van der Waals surface area contributed by atoms with Crippen LogP contribution >= 0.6 is 0 Å². The Morgan fingerprint density at radius 3 is 2.11 bits per heavy atom. The molecular formula is C24H34F5N5O4. The van der Waals surface area contributed by atoms with E-state index in [4.69, 9.17) is 0 Å². The summed E-state index contributed by atoms with van der Waals surface area (Å²) in [5.74, 6) is -9.09. The summed E-state index contributed by atoms with van der Waals surface area (Å²) >= 11 is 0. The summed E-state index contributed by atoms with van der Waals surface area (Å²) in [5.41, 5.74) is -1.41. The second-order valence-corrected chi connectivity index (χ2v) is 11.7. The van der Waals surface area contributed by atoms with Gasteiger partial charge in [0.2, 0.25) is 17.7 Å². The van der Waals surface area contributed by atoms with Gasteiger partial charge < -0.3 is 21.3 Å². The first-order valence-corrected chi connectivity index (χ1v) is 12.5. The van der Waals surface area contributed by atoms with Gasteiger partial charge in [0.1, 0.15) is 12.1 Å². The van der Waals surface area contributed by atoms with Gasteiger partial charge in [-0.25, -0.2) is 8.78 Å². The predicted molar refractivity (Wildman–Crippen MR) is 126 cm³/mol. The molecule has 4 N–H and O–H groups in total. The molecule has 0 aromatic heterocycles. The van der Waals surface area contributed by atoms with Crippen LogP contribution in [0.4, 0.5) is 22.0 Å². The fourth-order valence-electron chi connectivity index (χ4n) is 4.81. The molecule has 0 radical (unpaired) electrons. The molecule has 3 fully saturated rings. The molecular weight excluding hydrogens is 517 g/mol. The Morgan fingerprint density at radius 2 is 1.66 bits per heavy atom. The van der Waals surface area contributed by atoms with Gasteiger partial charge in [-0.15, -0.1) is 0 Å².